The fourth-order valence-corrected chi connectivity index (χ4v) is 4.06. The third-order valence-electron chi connectivity index (χ3n) is 5.76. The lowest BCUT2D eigenvalue weighted by Crippen LogP contribution is -2.37. The van der Waals surface area contributed by atoms with Crippen LogP contribution in [0.2, 0.25) is 0 Å². The van der Waals surface area contributed by atoms with Gasteiger partial charge < -0.3 is 15.4 Å². The molecule has 0 aromatic heterocycles. The molecule has 0 bridgehead atoms. The second-order valence-electron chi connectivity index (χ2n) is 8.15. The molecular formula is C23H37IN4O2. The molecule has 1 heterocycles. The van der Waals surface area contributed by atoms with Gasteiger partial charge in [-0.25, -0.2) is 0 Å². The number of hydrogen-bond acceptors (Lipinski definition) is 4. The molecule has 1 saturated heterocycles. The lowest BCUT2D eigenvalue weighted by molar-refractivity contribution is -0.148. The molecule has 1 aliphatic heterocycles. The van der Waals surface area contributed by atoms with Gasteiger partial charge in [-0.05, 0) is 69.2 Å². The van der Waals surface area contributed by atoms with Gasteiger partial charge >= 0.3 is 5.97 Å². The predicted molar refractivity (Wildman–Crippen MR) is 132 cm³/mol. The number of carbonyl (C=O) groups excluding carboxylic acids is 1. The lowest BCUT2D eigenvalue weighted by atomic mass is 10.1. The molecule has 2 N–H and O–H groups in total. The second-order valence-corrected chi connectivity index (χ2v) is 8.15. The van der Waals surface area contributed by atoms with Crippen molar-refractivity contribution in [3.8, 4) is 0 Å². The molecule has 168 valence electrons. The van der Waals surface area contributed by atoms with Gasteiger partial charge in [-0.2, -0.15) is 0 Å². The highest BCUT2D eigenvalue weighted by Crippen LogP contribution is 2.21. The van der Waals surface area contributed by atoms with Crippen molar-refractivity contribution in [2.45, 2.75) is 70.6 Å². The van der Waals surface area contributed by atoms with Crippen molar-refractivity contribution in [1.29, 1.82) is 0 Å². The molecule has 2 aliphatic rings. The molecule has 3 rings (SSSR count). The van der Waals surface area contributed by atoms with E-state index in [1.807, 2.05) is 0 Å². The van der Waals surface area contributed by atoms with Crippen LogP contribution < -0.4 is 10.6 Å². The third-order valence-corrected chi connectivity index (χ3v) is 5.76. The summed E-state index contributed by atoms with van der Waals surface area (Å²) in [4.78, 5) is 18.6. The molecule has 7 heteroatoms. The van der Waals surface area contributed by atoms with Gasteiger partial charge in [-0.3, -0.25) is 14.7 Å². The number of likely N-dealkylation sites (tertiary alicyclic amines) is 1. The van der Waals surface area contributed by atoms with Gasteiger partial charge in [0, 0.05) is 33.1 Å². The summed E-state index contributed by atoms with van der Waals surface area (Å²) in [5, 5.41) is 6.61. The Labute approximate surface area is 198 Å². The number of hydrogen-bond donors (Lipinski definition) is 2. The Morgan fingerprint density at radius 1 is 1.07 bits per heavy atom. The number of guanidine groups is 1. The Morgan fingerprint density at radius 3 is 2.40 bits per heavy atom. The van der Waals surface area contributed by atoms with E-state index in [9.17, 15) is 4.79 Å². The highest BCUT2D eigenvalue weighted by molar-refractivity contribution is 14.0. The van der Waals surface area contributed by atoms with E-state index in [1.165, 1.54) is 49.9 Å². The smallest absolute Gasteiger partial charge is 0.306 e. The largest absolute Gasteiger partial charge is 0.462 e. The summed E-state index contributed by atoms with van der Waals surface area (Å²) in [6.45, 7) is 4.94. The summed E-state index contributed by atoms with van der Waals surface area (Å²) in [5.74, 6) is 0.686. The van der Waals surface area contributed by atoms with Crippen LogP contribution in [0.25, 0.3) is 0 Å². The van der Waals surface area contributed by atoms with Crippen LogP contribution >= 0.6 is 24.0 Å². The zero-order chi connectivity index (χ0) is 20.3. The first-order chi connectivity index (χ1) is 14.2. The number of rotatable bonds is 9. The van der Waals surface area contributed by atoms with Gasteiger partial charge in [0.15, 0.2) is 5.96 Å². The van der Waals surface area contributed by atoms with Gasteiger partial charge in [-0.1, -0.05) is 24.3 Å². The van der Waals surface area contributed by atoms with Gasteiger partial charge in [0.2, 0.25) is 0 Å². The zero-order valence-electron chi connectivity index (χ0n) is 18.2. The number of esters is 1. The molecule has 6 nitrogen and oxygen atoms in total. The van der Waals surface area contributed by atoms with Crippen LogP contribution in [-0.4, -0.2) is 49.6 Å². The van der Waals surface area contributed by atoms with Gasteiger partial charge in [0.25, 0.3) is 0 Å². The number of halogens is 1. The summed E-state index contributed by atoms with van der Waals surface area (Å²) in [6.07, 6.45) is 8.44. The van der Waals surface area contributed by atoms with Gasteiger partial charge in [0.05, 0.1) is 0 Å². The van der Waals surface area contributed by atoms with E-state index in [1.54, 1.807) is 7.05 Å². The summed E-state index contributed by atoms with van der Waals surface area (Å²) < 4.78 is 5.49. The first kappa shape index (κ1) is 24.9. The molecule has 2 fully saturated rings. The molecule has 0 radical (unpaired) electrons. The Bertz CT molecular complexity index is 654. The maximum atomic E-state index is 11.9. The first-order valence-electron chi connectivity index (χ1n) is 11.2. The number of carbonyl (C=O) groups is 1. The molecule has 0 amide bonds. The normalized spacial score (nSPS) is 17.6. The predicted octanol–water partition coefficient (Wildman–Crippen LogP) is 3.83. The summed E-state index contributed by atoms with van der Waals surface area (Å²) in [6, 6.07) is 8.82. The highest BCUT2D eigenvalue weighted by Gasteiger charge is 2.18. The van der Waals surface area contributed by atoms with Crippen LogP contribution in [-0.2, 0) is 22.6 Å². The van der Waals surface area contributed by atoms with Crippen LogP contribution in [0.4, 0.5) is 0 Å². The average Bonchev–Trinajstić information content (AvgIpc) is 3.43. The van der Waals surface area contributed by atoms with Crippen molar-refractivity contribution in [1.82, 2.24) is 15.5 Å². The Kier molecular flexibility index (Phi) is 11.5. The van der Waals surface area contributed by atoms with E-state index >= 15 is 0 Å². The SMILES string of the molecule is CN=C(NCCCC(=O)OC1CCCC1)NCc1ccc(CN2CCCC2)cc1.I. The van der Waals surface area contributed by atoms with Crippen LogP contribution in [0.1, 0.15) is 62.5 Å². The number of nitrogens with one attached hydrogen (secondary N) is 2. The van der Waals surface area contributed by atoms with Gasteiger partial charge in [0.1, 0.15) is 6.10 Å². The van der Waals surface area contributed by atoms with E-state index in [0.29, 0.717) is 13.0 Å². The summed E-state index contributed by atoms with van der Waals surface area (Å²) in [5.41, 5.74) is 2.61. The lowest BCUT2D eigenvalue weighted by Gasteiger charge is -2.15. The first-order valence-corrected chi connectivity index (χ1v) is 11.2. The highest BCUT2D eigenvalue weighted by atomic mass is 127. The van der Waals surface area contributed by atoms with Crippen molar-refractivity contribution in [3.05, 3.63) is 35.4 Å². The Hall–Kier alpha value is -1.35. The standard InChI is InChI=1S/C23H36N4O2.HI/c1-24-23(25-14-6-9-22(28)29-21-7-2-3-8-21)26-17-19-10-12-20(13-11-19)18-27-15-4-5-16-27;/h10-13,21H,2-9,14-18H2,1H3,(H2,24,25,26);1H. The topological polar surface area (TPSA) is 66.0 Å². The van der Waals surface area contributed by atoms with Crippen LogP contribution in [0, 0.1) is 0 Å². The fraction of sp³-hybridized carbons (Fsp3) is 0.652. The van der Waals surface area contributed by atoms with E-state index in [4.69, 9.17) is 4.74 Å². The van der Waals surface area contributed by atoms with E-state index < -0.39 is 0 Å². The molecule has 0 atom stereocenters. The zero-order valence-corrected chi connectivity index (χ0v) is 20.5. The Morgan fingerprint density at radius 2 is 1.73 bits per heavy atom. The van der Waals surface area contributed by atoms with Crippen molar-refractivity contribution in [2.75, 3.05) is 26.7 Å². The molecule has 1 aromatic carbocycles. The van der Waals surface area contributed by atoms with Crippen molar-refractivity contribution in [3.63, 3.8) is 0 Å². The third kappa shape index (κ3) is 8.79. The molecular weight excluding hydrogens is 491 g/mol. The van der Waals surface area contributed by atoms with Gasteiger partial charge in [-0.15, -0.1) is 24.0 Å². The quantitative estimate of drug-likeness (QED) is 0.168. The average molecular weight is 528 g/mol. The summed E-state index contributed by atoms with van der Waals surface area (Å²) >= 11 is 0. The molecule has 1 aliphatic carbocycles. The fourth-order valence-electron chi connectivity index (χ4n) is 4.06. The van der Waals surface area contributed by atoms with Crippen LogP contribution in [0.15, 0.2) is 29.3 Å². The van der Waals surface area contributed by atoms with Crippen LogP contribution in [0.3, 0.4) is 0 Å². The monoisotopic (exact) mass is 528 g/mol. The Balaban J connectivity index is 0.00000320. The minimum absolute atomic E-state index is 0. The molecule has 1 saturated carbocycles. The van der Waals surface area contributed by atoms with Crippen molar-refractivity contribution in [2.24, 2.45) is 4.99 Å². The maximum absolute atomic E-state index is 11.9. The molecule has 0 unspecified atom stereocenters. The number of benzene rings is 1. The summed E-state index contributed by atoms with van der Waals surface area (Å²) in [7, 11) is 1.77. The van der Waals surface area contributed by atoms with Crippen LogP contribution in [0.5, 0.6) is 0 Å². The maximum Gasteiger partial charge on any atom is 0.306 e. The molecule has 0 spiro atoms. The van der Waals surface area contributed by atoms with E-state index in [0.717, 1.165) is 38.3 Å². The number of nitrogens with zero attached hydrogens (tertiary/aromatic N) is 2. The molecule has 30 heavy (non-hydrogen) atoms. The minimum Gasteiger partial charge on any atom is -0.462 e. The van der Waals surface area contributed by atoms with Crippen molar-refractivity contribution >= 4 is 35.9 Å². The van der Waals surface area contributed by atoms with E-state index in [-0.39, 0.29) is 36.0 Å². The molecule has 1 aromatic rings. The van der Waals surface area contributed by atoms with E-state index in [2.05, 4.69) is 44.8 Å². The number of aliphatic imine (C=N–C) groups is 1. The second kappa shape index (κ2) is 13.9. The minimum atomic E-state index is -0.0735. The number of ether oxygens (including phenoxy) is 1. The van der Waals surface area contributed by atoms with Crippen molar-refractivity contribution < 1.29 is 9.53 Å².